The molecule has 1 amide bonds. The number of hydrogen-bond donors (Lipinski definition) is 1. The lowest BCUT2D eigenvalue weighted by atomic mass is 10.1. The van der Waals surface area contributed by atoms with E-state index in [0.29, 0.717) is 28.1 Å². The van der Waals surface area contributed by atoms with Crippen LogP contribution in [0.25, 0.3) is 11.5 Å². The van der Waals surface area contributed by atoms with Gasteiger partial charge in [0.05, 0.1) is 11.3 Å². The Labute approximate surface area is 142 Å². The molecule has 0 aromatic carbocycles. The Balaban J connectivity index is 1.63. The molecule has 0 aliphatic heterocycles. The summed E-state index contributed by atoms with van der Waals surface area (Å²) in [7, 11) is 1.82. The Bertz CT molecular complexity index is 911. The quantitative estimate of drug-likeness (QED) is 0.789. The second-order valence-electron chi connectivity index (χ2n) is 5.85. The van der Waals surface area contributed by atoms with Gasteiger partial charge in [-0.1, -0.05) is 0 Å². The van der Waals surface area contributed by atoms with E-state index in [1.807, 2.05) is 7.05 Å². The molecule has 1 saturated carbocycles. The minimum Gasteiger partial charge on any atom is -0.315 e. The molecular weight excluding hydrogens is 324 g/mol. The highest BCUT2D eigenvalue weighted by Gasteiger charge is 2.29. The van der Waals surface area contributed by atoms with Crippen LogP contribution < -0.4 is 5.32 Å². The van der Waals surface area contributed by atoms with E-state index in [-0.39, 0.29) is 5.91 Å². The van der Waals surface area contributed by atoms with Crippen molar-refractivity contribution in [1.82, 2.24) is 24.7 Å². The summed E-state index contributed by atoms with van der Waals surface area (Å²) in [5, 5.41) is 11.4. The van der Waals surface area contributed by atoms with E-state index in [2.05, 4.69) is 32.4 Å². The van der Waals surface area contributed by atoms with Gasteiger partial charge < -0.3 is 4.57 Å². The van der Waals surface area contributed by atoms with Gasteiger partial charge in [0.15, 0.2) is 11.0 Å². The zero-order valence-electron chi connectivity index (χ0n) is 13.4. The van der Waals surface area contributed by atoms with Crippen molar-refractivity contribution in [3.63, 3.8) is 0 Å². The first kappa shape index (κ1) is 14.9. The summed E-state index contributed by atoms with van der Waals surface area (Å²) in [6.45, 7) is 2.05. The minimum atomic E-state index is -0.239. The number of pyridine rings is 1. The van der Waals surface area contributed by atoms with Crippen molar-refractivity contribution in [2.24, 2.45) is 7.05 Å². The van der Waals surface area contributed by atoms with Crippen LogP contribution in [0.15, 0.2) is 24.7 Å². The fourth-order valence-electron chi connectivity index (χ4n) is 2.63. The molecule has 3 aromatic heterocycles. The van der Waals surface area contributed by atoms with Gasteiger partial charge in [-0.15, -0.1) is 21.5 Å². The van der Waals surface area contributed by atoms with Crippen molar-refractivity contribution in [3.8, 4) is 11.5 Å². The van der Waals surface area contributed by atoms with Crippen LogP contribution in [0.5, 0.6) is 0 Å². The normalized spacial score (nSPS) is 13.9. The molecule has 1 aliphatic carbocycles. The maximum Gasteiger partial charge on any atom is 0.259 e. The van der Waals surface area contributed by atoms with E-state index < -0.39 is 0 Å². The number of thiazole rings is 1. The Morgan fingerprint density at radius 1 is 1.42 bits per heavy atom. The van der Waals surface area contributed by atoms with E-state index in [9.17, 15) is 4.79 Å². The Kier molecular flexibility index (Phi) is 3.61. The molecule has 1 aliphatic rings. The third-order valence-corrected chi connectivity index (χ3v) is 4.89. The number of anilines is 1. The zero-order chi connectivity index (χ0) is 16.7. The lowest BCUT2D eigenvalue weighted by Gasteiger charge is -2.07. The lowest BCUT2D eigenvalue weighted by molar-refractivity contribution is 0.102. The average Bonchev–Trinajstić information content (AvgIpc) is 3.23. The van der Waals surface area contributed by atoms with Crippen molar-refractivity contribution >= 4 is 22.4 Å². The maximum absolute atomic E-state index is 12.7. The molecule has 3 heterocycles. The first-order chi connectivity index (χ1) is 11.6. The number of carbonyl (C=O) groups is 1. The van der Waals surface area contributed by atoms with Crippen molar-refractivity contribution in [2.75, 3.05) is 5.32 Å². The molecule has 24 heavy (non-hydrogen) atoms. The van der Waals surface area contributed by atoms with Gasteiger partial charge in [0.2, 0.25) is 0 Å². The average molecular weight is 340 g/mol. The van der Waals surface area contributed by atoms with Crippen LogP contribution >= 0.6 is 11.3 Å². The van der Waals surface area contributed by atoms with E-state index >= 15 is 0 Å². The monoisotopic (exact) mass is 340 g/mol. The first-order valence-electron chi connectivity index (χ1n) is 7.71. The predicted molar refractivity (Wildman–Crippen MR) is 91.0 cm³/mol. The summed E-state index contributed by atoms with van der Waals surface area (Å²) in [6, 6.07) is 3.46. The van der Waals surface area contributed by atoms with Crippen LogP contribution in [0.2, 0.25) is 0 Å². The van der Waals surface area contributed by atoms with Gasteiger partial charge in [-0.3, -0.25) is 15.1 Å². The van der Waals surface area contributed by atoms with Crippen LogP contribution in [-0.2, 0) is 7.05 Å². The van der Waals surface area contributed by atoms with E-state index in [4.69, 9.17) is 0 Å². The molecule has 0 spiro atoms. The van der Waals surface area contributed by atoms with Gasteiger partial charge in [0.25, 0.3) is 5.91 Å². The van der Waals surface area contributed by atoms with Crippen LogP contribution in [0, 0.1) is 6.92 Å². The summed E-state index contributed by atoms with van der Waals surface area (Å²) in [6.07, 6.45) is 5.60. The summed E-state index contributed by atoms with van der Waals surface area (Å²) in [5.41, 5.74) is 2.08. The molecule has 1 N–H and O–H groups in total. The summed E-state index contributed by atoms with van der Waals surface area (Å²) in [4.78, 5) is 22.8. The fraction of sp³-hybridized carbons (Fsp3) is 0.312. The van der Waals surface area contributed by atoms with E-state index in [1.54, 1.807) is 29.2 Å². The van der Waals surface area contributed by atoms with Crippen molar-refractivity contribution in [1.29, 1.82) is 0 Å². The number of amides is 1. The van der Waals surface area contributed by atoms with Crippen molar-refractivity contribution < 1.29 is 4.79 Å². The first-order valence-corrected chi connectivity index (χ1v) is 8.53. The van der Waals surface area contributed by atoms with Crippen molar-refractivity contribution in [3.05, 3.63) is 40.8 Å². The molecule has 0 bridgehead atoms. The van der Waals surface area contributed by atoms with Crippen LogP contribution in [0.4, 0.5) is 5.13 Å². The molecule has 4 rings (SSSR count). The summed E-state index contributed by atoms with van der Waals surface area (Å²) in [5.74, 6) is 0.881. The highest BCUT2D eigenvalue weighted by atomic mass is 32.1. The summed E-state index contributed by atoms with van der Waals surface area (Å²) < 4.78 is 1.73. The number of nitrogens with zero attached hydrogens (tertiary/aromatic N) is 5. The van der Waals surface area contributed by atoms with E-state index in [0.717, 1.165) is 5.69 Å². The van der Waals surface area contributed by atoms with Crippen molar-refractivity contribution in [2.45, 2.75) is 25.7 Å². The number of carbonyl (C=O) groups excluding carboxylic acids is 1. The Morgan fingerprint density at radius 3 is 2.96 bits per heavy atom. The molecule has 0 saturated heterocycles. The molecule has 8 heteroatoms. The Hall–Kier alpha value is -2.61. The highest BCUT2D eigenvalue weighted by molar-refractivity contribution is 7.15. The molecular formula is C16H16N6OS. The number of hydrogen-bond acceptors (Lipinski definition) is 6. The summed E-state index contributed by atoms with van der Waals surface area (Å²) >= 11 is 1.52. The van der Waals surface area contributed by atoms with E-state index in [1.165, 1.54) is 29.1 Å². The standard InChI is InChI=1S/C16H16N6OS/c1-9-12(10-5-6-10)19-16(24-9)20-15(23)11-4-3-7-17-13(11)14-21-18-8-22(14)2/h3-4,7-8,10H,5-6H2,1-2H3,(H,19,20,23). The molecule has 0 radical (unpaired) electrons. The van der Waals surface area contributed by atoms with Gasteiger partial charge in [0.1, 0.15) is 12.0 Å². The molecule has 0 unspecified atom stereocenters. The smallest absolute Gasteiger partial charge is 0.259 e. The predicted octanol–water partition coefficient (Wildman–Crippen LogP) is 2.77. The van der Waals surface area contributed by atoms with Crippen LogP contribution in [0.3, 0.4) is 0 Å². The number of nitrogens with one attached hydrogen (secondary N) is 1. The van der Waals surface area contributed by atoms with Crippen LogP contribution in [-0.4, -0.2) is 30.6 Å². The minimum absolute atomic E-state index is 0.239. The second kappa shape index (κ2) is 5.79. The number of aryl methyl sites for hydroxylation is 2. The molecule has 3 aromatic rings. The topological polar surface area (TPSA) is 85.6 Å². The van der Waals surface area contributed by atoms with Gasteiger partial charge >= 0.3 is 0 Å². The van der Waals surface area contributed by atoms with Gasteiger partial charge in [-0.05, 0) is 31.9 Å². The molecule has 0 atom stereocenters. The van der Waals surface area contributed by atoms with Crippen LogP contribution in [0.1, 0.15) is 39.7 Å². The number of aromatic nitrogens is 5. The largest absolute Gasteiger partial charge is 0.315 e. The maximum atomic E-state index is 12.7. The molecule has 7 nitrogen and oxygen atoms in total. The highest BCUT2D eigenvalue weighted by Crippen LogP contribution is 2.43. The molecule has 122 valence electrons. The van der Waals surface area contributed by atoms with Gasteiger partial charge in [0, 0.05) is 24.0 Å². The zero-order valence-corrected chi connectivity index (χ0v) is 14.2. The second-order valence-corrected chi connectivity index (χ2v) is 7.06. The Morgan fingerprint density at radius 2 is 2.25 bits per heavy atom. The molecule has 1 fully saturated rings. The lowest BCUT2D eigenvalue weighted by Crippen LogP contribution is -2.14. The third-order valence-electron chi connectivity index (χ3n) is 3.99. The SMILES string of the molecule is Cc1sc(NC(=O)c2cccnc2-c2nncn2C)nc1C1CC1. The third kappa shape index (κ3) is 2.69. The fourth-order valence-corrected chi connectivity index (χ4v) is 3.52. The van der Waals surface area contributed by atoms with Gasteiger partial charge in [-0.25, -0.2) is 4.98 Å². The number of rotatable bonds is 4. The van der Waals surface area contributed by atoms with Gasteiger partial charge in [-0.2, -0.15) is 0 Å².